The summed E-state index contributed by atoms with van der Waals surface area (Å²) < 4.78 is 1.50. The van der Waals surface area contributed by atoms with Crippen molar-refractivity contribution < 1.29 is 20.1 Å². The Bertz CT molecular complexity index is 2770. The Hall–Kier alpha value is -6.35. The molecule has 8 rings (SSSR count). The number of aryl methyl sites for hydroxylation is 1. The van der Waals surface area contributed by atoms with Gasteiger partial charge < -0.3 is 20.6 Å². The average molecular weight is 913 g/mol. The van der Waals surface area contributed by atoms with Crippen LogP contribution in [0.15, 0.2) is 89.9 Å². The molecule has 1 atom stereocenters. The first-order valence-electron chi connectivity index (χ1n) is 21.9. The Morgan fingerprint density at radius 2 is 1.57 bits per heavy atom. The number of carbonyl (C=O) groups is 1. The first-order chi connectivity index (χ1) is 31.1. The standard InChI is InChI=1S/C50H54ClN9O4S/c1-28(2)39-23-40(43(62)25-42(39)61)48-56-57-50(64)60(48)38-16-10-32(11-17-38)22-33-18-20-58(21-19-33)27-35-8-6-34(7-9-35)26-54-44(63)24-41-47(53)59(31(5)52)49-45(29(3)30(4)65-49)46(55-41)36-12-14-37(51)15-13-36/h6-17,23,25,28,33,41,52-53,61-62H,18-22,24,26-27H2,1-5H3,(H,54,63)(H,57,64). The number of hydrogen-bond donors (Lipinski definition) is 6. The lowest BCUT2D eigenvalue weighted by Gasteiger charge is -2.32. The van der Waals surface area contributed by atoms with Gasteiger partial charge in [-0.05, 0) is 123 Å². The third kappa shape index (κ3) is 9.70. The van der Waals surface area contributed by atoms with E-state index in [1.807, 2.05) is 64.1 Å². The number of aromatic nitrogens is 3. The Morgan fingerprint density at radius 3 is 2.23 bits per heavy atom. The predicted molar refractivity (Wildman–Crippen MR) is 259 cm³/mol. The van der Waals surface area contributed by atoms with Crippen molar-refractivity contribution in [3.05, 3.63) is 134 Å². The summed E-state index contributed by atoms with van der Waals surface area (Å²) >= 11 is 7.76. The highest BCUT2D eigenvalue weighted by atomic mass is 35.5. The molecule has 0 radical (unpaired) electrons. The van der Waals surface area contributed by atoms with E-state index in [9.17, 15) is 25.5 Å². The van der Waals surface area contributed by atoms with E-state index in [-0.39, 0.29) is 53.3 Å². The van der Waals surface area contributed by atoms with Gasteiger partial charge in [-0.3, -0.25) is 30.4 Å². The topological polar surface area (TPSA) is 187 Å². The molecule has 0 saturated carbocycles. The molecule has 0 spiro atoms. The van der Waals surface area contributed by atoms with Crippen molar-refractivity contribution in [2.24, 2.45) is 10.9 Å². The van der Waals surface area contributed by atoms with Crippen LogP contribution in [0.5, 0.6) is 17.5 Å². The van der Waals surface area contributed by atoms with Gasteiger partial charge in [0, 0.05) is 40.2 Å². The Balaban J connectivity index is 0.840. The number of nitrogens with zero attached hydrogens (tertiary/aromatic N) is 6. The minimum atomic E-state index is -0.796. The Kier molecular flexibility index (Phi) is 13.2. The number of anilines is 1. The molecule has 13 nitrogen and oxygen atoms in total. The monoisotopic (exact) mass is 911 g/mol. The second-order valence-electron chi connectivity index (χ2n) is 17.4. The fourth-order valence-electron chi connectivity index (χ4n) is 8.74. The van der Waals surface area contributed by atoms with E-state index in [4.69, 9.17) is 22.0 Å². The average Bonchev–Trinajstić information content (AvgIpc) is 3.76. The molecule has 4 aromatic carbocycles. The van der Waals surface area contributed by atoms with Gasteiger partial charge >= 0.3 is 6.01 Å². The van der Waals surface area contributed by atoms with Gasteiger partial charge in [-0.25, -0.2) is 4.57 Å². The minimum Gasteiger partial charge on any atom is -0.508 e. The summed E-state index contributed by atoms with van der Waals surface area (Å²) in [6, 6.07) is 25.7. The van der Waals surface area contributed by atoms with Crippen LogP contribution >= 0.6 is 22.9 Å². The summed E-state index contributed by atoms with van der Waals surface area (Å²) in [7, 11) is 0. The van der Waals surface area contributed by atoms with Crippen LogP contribution in [-0.2, 0) is 24.3 Å². The molecule has 2 aliphatic rings. The van der Waals surface area contributed by atoms with Crippen molar-refractivity contribution in [3.8, 4) is 34.6 Å². The number of amides is 1. The summed E-state index contributed by atoms with van der Waals surface area (Å²) in [5.74, 6) is 0.757. The number of fused-ring (bicyclic) bond motifs is 1. The molecule has 15 heteroatoms. The maximum Gasteiger partial charge on any atom is 0.319 e. The van der Waals surface area contributed by atoms with Gasteiger partial charge in [0.1, 0.15) is 34.2 Å². The number of phenolic OH excluding ortho intramolecular Hbond substituents is 2. The van der Waals surface area contributed by atoms with Crippen molar-refractivity contribution >= 4 is 51.2 Å². The number of amidine groups is 2. The molecule has 6 aromatic rings. The molecule has 336 valence electrons. The lowest BCUT2D eigenvalue weighted by molar-refractivity contribution is -0.121. The zero-order chi connectivity index (χ0) is 46.1. The van der Waals surface area contributed by atoms with Crippen LogP contribution in [0, 0.1) is 30.6 Å². The number of benzene rings is 4. The normalized spacial score (nSPS) is 15.8. The van der Waals surface area contributed by atoms with E-state index in [1.165, 1.54) is 33.1 Å². The Morgan fingerprint density at radius 1 is 0.908 bits per heavy atom. The summed E-state index contributed by atoms with van der Waals surface area (Å²) in [6.45, 7) is 12.8. The van der Waals surface area contributed by atoms with Crippen LogP contribution in [0.3, 0.4) is 0 Å². The lowest BCUT2D eigenvalue weighted by Crippen LogP contribution is -2.42. The summed E-state index contributed by atoms with van der Waals surface area (Å²) in [4.78, 5) is 23.7. The quantitative estimate of drug-likeness (QED) is 0.0517. The van der Waals surface area contributed by atoms with Gasteiger partial charge in [0.15, 0.2) is 5.82 Å². The van der Waals surface area contributed by atoms with E-state index < -0.39 is 6.04 Å². The molecule has 0 aliphatic carbocycles. The molecular formula is C50H54ClN9O4S. The number of carbonyl (C=O) groups excluding carboxylic acids is 1. The number of rotatable bonds is 12. The number of thiophene rings is 1. The molecular weight excluding hydrogens is 858 g/mol. The van der Waals surface area contributed by atoms with Crippen LogP contribution in [0.1, 0.15) is 89.8 Å². The zero-order valence-electron chi connectivity index (χ0n) is 37.2. The lowest BCUT2D eigenvalue weighted by atomic mass is 9.90. The molecule has 2 aliphatic heterocycles. The van der Waals surface area contributed by atoms with Gasteiger partial charge in [0.25, 0.3) is 0 Å². The Labute approximate surface area is 388 Å². The number of hydrogen-bond acceptors (Lipinski definition) is 11. The van der Waals surface area contributed by atoms with Gasteiger partial charge in [0.05, 0.1) is 23.4 Å². The van der Waals surface area contributed by atoms with Crippen LogP contribution in [0.25, 0.3) is 17.1 Å². The number of phenols is 2. The molecule has 0 bridgehead atoms. The van der Waals surface area contributed by atoms with E-state index >= 15 is 0 Å². The van der Waals surface area contributed by atoms with Crippen molar-refractivity contribution in [2.45, 2.75) is 85.4 Å². The van der Waals surface area contributed by atoms with Crippen molar-refractivity contribution in [2.75, 3.05) is 18.0 Å². The van der Waals surface area contributed by atoms with Gasteiger partial charge in [0.2, 0.25) is 5.91 Å². The molecule has 1 amide bonds. The highest BCUT2D eigenvalue weighted by molar-refractivity contribution is 7.17. The van der Waals surface area contributed by atoms with Crippen LogP contribution in [-0.4, -0.2) is 77.4 Å². The van der Waals surface area contributed by atoms with Gasteiger partial charge in [-0.1, -0.05) is 79.1 Å². The van der Waals surface area contributed by atoms with Gasteiger partial charge in [-0.15, -0.1) is 16.4 Å². The molecule has 1 saturated heterocycles. The van der Waals surface area contributed by atoms with Crippen LogP contribution < -0.4 is 10.2 Å². The SMILES string of the molecule is CC(=N)N1C(=N)C(CC(=O)NCc2ccc(CN3CCC(Cc4ccc(-n5c(O)nnc5-c5cc(C(C)C)c(O)cc5O)cc4)CC3)cc2)N=C(c2ccc(Cl)cc2)c2c1sc(C)c2C. The largest absolute Gasteiger partial charge is 0.508 e. The predicted octanol–water partition coefficient (Wildman–Crippen LogP) is 9.67. The number of aliphatic imine (C=N–C) groups is 1. The minimum absolute atomic E-state index is 0.00429. The molecule has 4 heterocycles. The van der Waals surface area contributed by atoms with E-state index in [1.54, 1.807) is 17.9 Å². The fraction of sp³-hybridized carbons (Fsp3) is 0.320. The molecule has 6 N–H and O–H groups in total. The van der Waals surface area contributed by atoms with E-state index in [0.717, 1.165) is 71.0 Å². The van der Waals surface area contributed by atoms with Gasteiger partial charge in [-0.2, -0.15) is 0 Å². The van der Waals surface area contributed by atoms with Crippen molar-refractivity contribution in [1.29, 1.82) is 10.8 Å². The fourth-order valence-corrected chi connectivity index (χ4v) is 10.1. The maximum atomic E-state index is 13.5. The number of aromatic hydroxyl groups is 3. The molecule has 2 aromatic heterocycles. The second-order valence-corrected chi connectivity index (χ2v) is 19.0. The number of piperidine rings is 1. The molecule has 1 unspecified atom stereocenters. The van der Waals surface area contributed by atoms with E-state index in [0.29, 0.717) is 40.0 Å². The van der Waals surface area contributed by atoms with Crippen LogP contribution in [0.2, 0.25) is 5.02 Å². The van der Waals surface area contributed by atoms with Crippen molar-refractivity contribution in [3.63, 3.8) is 0 Å². The molecule has 65 heavy (non-hydrogen) atoms. The number of halogens is 1. The molecule has 1 fully saturated rings. The van der Waals surface area contributed by atoms with E-state index in [2.05, 4.69) is 56.8 Å². The summed E-state index contributed by atoms with van der Waals surface area (Å²) in [6.07, 6.45) is 3.07. The first-order valence-corrected chi connectivity index (χ1v) is 23.1. The smallest absolute Gasteiger partial charge is 0.319 e. The third-order valence-electron chi connectivity index (χ3n) is 12.5. The number of nitrogens with one attached hydrogen (secondary N) is 3. The highest BCUT2D eigenvalue weighted by Crippen LogP contribution is 2.41. The third-order valence-corrected chi connectivity index (χ3v) is 13.9. The van der Waals surface area contributed by atoms with Crippen LogP contribution in [0.4, 0.5) is 5.00 Å². The van der Waals surface area contributed by atoms with Crippen molar-refractivity contribution in [1.82, 2.24) is 25.0 Å². The summed E-state index contributed by atoms with van der Waals surface area (Å²) in [5, 5.41) is 62.0. The zero-order valence-corrected chi connectivity index (χ0v) is 38.8. The number of likely N-dealkylation sites (tertiary alicyclic amines) is 1. The first kappa shape index (κ1) is 45.2. The summed E-state index contributed by atoms with van der Waals surface area (Å²) in [5.41, 5.74) is 8.53. The maximum absolute atomic E-state index is 13.5. The second kappa shape index (κ2) is 19.0. The highest BCUT2D eigenvalue weighted by Gasteiger charge is 2.35.